The average molecular weight is 198 g/mol. The predicted octanol–water partition coefficient (Wildman–Crippen LogP) is 1.41. The van der Waals surface area contributed by atoms with E-state index in [1.54, 1.807) is 0 Å². The van der Waals surface area contributed by atoms with E-state index in [0.717, 1.165) is 0 Å². The van der Waals surface area contributed by atoms with Gasteiger partial charge >= 0.3 is 70.1 Å². The van der Waals surface area contributed by atoms with Gasteiger partial charge in [-0.05, 0) is 0 Å². The van der Waals surface area contributed by atoms with Crippen LogP contribution in [0.15, 0.2) is 12.1 Å². The molecule has 0 heterocycles. The summed E-state index contributed by atoms with van der Waals surface area (Å²) in [6.45, 7) is 6.40. The van der Waals surface area contributed by atoms with Crippen LogP contribution in [0.4, 0.5) is 0 Å². The quantitative estimate of drug-likeness (QED) is 0.553. The molecule has 0 unspecified atom stereocenters. The van der Waals surface area contributed by atoms with Crippen LogP contribution in [0.5, 0.6) is 0 Å². The Balaban J connectivity index is 3.28. The molecule has 0 aromatic heterocycles. The minimum atomic E-state index is 1.27. The number of hydrogen-bond acceptors (Lipinski definition) is 0. The van der Waals surface area contributed by atoms with Crippen LogP contribution in [0.2, 0.25) is 0 Å². The van der Waals surface area contributed by atoms with Gasteiger partial charge in [-0.3, -0.25) is 0 Å². The second kappa shape index (κ2) is 2.77. The van der Waals surface area contributed by atoms with Crippen molar-refractivity contribution in [1.82, 2.24) is 0 Å². The number of benzene rings is 1. The van der Waals surface area contributed by atoms with Gasteiger partial charge in [0.05, 0.1) is 0 Å². The fourth-order valence-corrected chi connectivity index (χ4v) is 1.43. The van der Waals surface area contributed by atoms with Crippen LogP contribution in [0.1, 0.15) is 16.7 Å². The molecule has 0 N–H and O–H groups in total. The minimum absolute atomic E-state index is 1.27. The summed E-state index contributed by atoms with van der Waals surface area (Å²) in [5.41, 5.74) is 4.07. The molecule has 0 fully saturated rings. The molecule has 0 nitrogen and oxygen atoms in total. The summed E-state index contributed by atoms with van der Waals surface area (Å²) < 4.78 is 1.27. The molecule has 0 aliphatic heterocycles. The maximum atomic E-state index is 3.04. The van der Waals surface area contributed by atoms with Crippen molar-refractivity contribution < 1.29 is 0 Å². The molecule has 1 aromatic carbocycles. The summed E-state index contributed by atoms with van der Waals surface area (Å²) in [5.74, 6) is 0. The topological polar surface area (TPSA) is 0 Å². The fourth-order valence-electron chi connectivity index (χ4n) is 0.934. The molecule has 0 aliphatic carbocycles. The molecule has 0 bridgehead atoms. The van der Waals surface area contributed by atoms with E-state index >= 15 is 0 Å². The molecule has 53 valence electrons. The summed E-state index contributed by atoms with van der Waals surface area (Å²) in [7, 11) is 0. The van der Waals surface area contributed by atoms with E-state index in [0.29, 0.717) is 0 Å². The third kappa shape index (κ3) is 1.42. The van der Waals surface area contributed by atoms with Crippen molar-refractivity contribution in [2.45, 2.75) is 20.8 Å². The van der Waals surface area contributed by atoms with Crippen LogP contribution in [-0.4, -0.2) is 16.0 Å². The van der Waals surface area contributed by atoms with Crippen molar-refractivity contribution in [3.05, 3.63) is 28.8 Å². The first kappa shape index (κ1) is 7.84. The number of rotatable bonds is 0. The van der Waals surface area contributed by atoms with Crippen LogP contribution in [0, 0.1) is 20.8 Å². The van der Waals surface area contributed by atoms with Gasteiger partial charge in [0.2, 0.25) is 0 Å². The van der Waals surface area contributed by atoms with E-state index in [1.165, 1.54) is 21.2 Å². The molecule has 1 heteroatoms. The van der Waals surface area contributed by atoms with Crippen LogP contribution in [-0.2, 0) is 0 Å². The molecule has 0 spiro atoms. The average Bonchev–Trinajstić information content (AvgIpc) is 1.84. The molecular formula is C9H11Se. The normalized spacial score (nSPS) is 9.90. The van der Waals surface area contributed by atoms with Crippen molar-refractivity contribution in [1.29, 1.82) is 0 Å². The van der Waals surface area contributed by atoms with Crippen LogP contribution >= 0.6 is 0 Å². The van der Waals surface area contributed by atoms with Gasteiger partial charge in [0.15, 0.2) is 0 Å². The summed E-state index contributed by atoms with van der Waals surface area (Å²) in [5, 5.41) is 0. The third-order valence-electron chi connectivity index (χ3n) is 1.79. The Hall–Kier alpha value is -0.261. The Morgan fingerprint density at radius 2 is 1.40 bits per heavy atom. The molecule has 1 radical (unpaired) electrons. The number of hydrogen-bond donors (Lipinski definition) is 0. The van der Waals surface area contributed by atoms with Gasteiger partial charge < -0.3 is 0 Å². The van der Waals surface area contributed by atoms with Gasteiger partial charge in [-0.1, -0.05) is 0 Å². The summed E-state index contributed by atoms with van der Waals surface area (Å²) in [4.78, 5) is 0. The summed E-state index contributed by atoms with van der Waals surface area (Å²) in [6.07, 6.45) is 0. The zero-order chi connectivity index (χ0) is 7.72. The first-order chi connectivity index (χ1) is 4.61. The molecule has 1 rings (SSSR count). The second-order valence-corrected chi connectivity index (χ2v) is 3.62. The molecule has 0 aliphatic rings. The van der Waals surface area contributed by atoms with E-state index in [4.69, 9.17) is 0 Å². The van der Waals surface area contributed by atoms with E-state index in [2.05, 4.69) is 48.9 Å². The zero-order valence-electron chi connectivity index (χ0n) is 6.56. The fraction of sp³-hybridized carbons (Fsp3) is 0.333. The molecule has 10 heavy (non-hydrogen) atoms. The van der Waals surface area contributed by atoms with E-state index in [9.17, 15) is 0 Å². The van der Waals surface area contributed by atoms with E-state index in [1.807, 2.05) is 0 Å². The number of aryl methyl sites for hydroxylation is 3. The standard InChI is InChI=1S/C9H11Se/c1-6-4-8(3)9(10)5-7(6)2/h4-5H,1-3H3. The van der Waals surface area contributed by atoms with E-state index in [-0.39, 0.29) is 0 Å². The zero-order valence-corrected chi connectivity index (χ0v) is 8.28. The van der Waals surface area contributed by atoms with Crippen molar-refractivity contribution in [2.24, 2.45) is 0 Å². The van der Waals surface area contributed by atoms with Gasteiger partial charge in [-0.2, -0.15) is 0 Å². The molecule has 0 atom stereocenters. The molecule has 0 saturated carbocycles. The Morgan fingerprint density at radius 1 is 0.900 bits per heavy atom. The SMILES string of the molecule is Cc1cc(C)c([Se])cc1C. The van der Waals surface area contributed by atoms with Crippen molar-refractivity contribution in [2.75, 3.05) is 0 Å². The van der Waals surface area contributed by atoms with Crippen molar-refractivity contribution >= 4 is 20.5 Å². The van der Waals surface area contributed by atoms with Gasteiger partial charge in [0.1, 0.15) is 0 Å². The van der Waals surface area contributed by atoms with Gasteiger partial charge in [-0.15, -0.1) is 0 Å². The van der Waals surface area contributed by atoms with Gasteiger partial charge in [0, 0.05) is 0 Å². The Morgan fingerprint density at radius 3 is 1.90 bits per heavy atom. The first-order valence-corrected chi connectivity index (χ1v) is 4.22. The second-order valence-electron chi connectivity index (χ2n) is 2.70. The molecular weight excluding hydrogens is 187 g/mol. The Kier molecular flexibility index (Phi) is 2.17. The monoisotopic (exact) mass is 199 g/mol. The maximum absolute atomic E-state index is 3.04. The summed E-state index contributed by atoms with van der Waals surface area (Å²) >= 11 is 3.04. The third-order valence-corrected chi connectivity index (χ3v) is 2.71. The first-order valence-electron chi connectivity index (χ1n) is 3.36. The van der Waals surface area contributed by atoms with Gasteiger partial charge in [-0.25, -0.2) is 0 Å². The van der Waals surface area contributed by atoms with Crippen LogP contribution in [0.3, 0.4) is 0 Å². The van der Waals surface area contributed by atoms with Crippen LogP contribution in [0.25, 0.3) is 0 Å². The molecule has 0 amide bonds. The van der Waals surface area contributed by atoms with Gasteiger partial charge in [0.25, 0.3) is 0 Å². The van der Waals surface area contributed by atoms with E-state index < -0.39 is 0 Å². The molecule has 0 saturated heterocycles. The predicted molar refractivity (Wildman–Crippen MR) is 46.0 cm³/mol. The van der Waals surface area contributed by atoms with Crippen molar-refractivity contribution in [3.8, 4) is 0 Å². The van der Waals surface area contributed by atoms with Crippen molar-refractivity contribution in [3.63, 3.8) is 0 Å². The van der Waals surface area contributed by atoms with Crippen LogP contribution < -0.4 is 4.46 Å². The molecule has 1 aromatic rings. The Labute approximate surface area is 70.5 Å². The Bertz CT molecular complexity index is 201. The summed E-state index contributed by atoms with van der Waals surface area (Å²) in [6, 6.07) is 4.39.